The summed E-state index contributed by atoms with van der Waals surface area (Å²) in [5.74, 6) is 1.30. The van der Waals surface area contributed by atoms with Crippen LogP contribution in [0.25, 0.3) is 0 Å². The summed E-state index contributed by atoms with van der Waals surface area (Å²) in [7, 11) is 0. The molecule has 2 aliphatic carbocycles. The molecular formula is C17H24O2. The van der Waals surface area contributed by atoms with Crippen molar-refractivity contribution in [1.82, 2.24) is 0 Å². The number of ether oxygens (including phenoxy) is 1. The summed E-state index contributed by atoms with van der Waals surface area (Å²) < 4.78 is 4.85. The van der Waals surface area contributed by atoms with E-state index in [4.69, 9.17) is 4.74 Å². The van der Waals surface area contributed by atoms with Crippen molar-refractivity contribution in [3.63, 3.8) is 0 Å². The van der Waals surface area contributed by atoms with Gasteiger partial charge in [0.05, 0.1) is 6.26 Å². The van der Waals surface area contributed by atoms with Gasteiger partial charge in [-0.3, -0.25) is 4.79 Å². The van der Waals surface area contributed by atoms with Crippen molar-refractivity contribution in [2.75, 3.05) is 0 Å². The molecule has 2 bridgehead atoms. The number of rotatable bonds is 4. The predicted molar refractivity (Wildman–Crippen MR) is 77.4 cm³/mol. The first-order chi connectivity index (χ1) is 8.93. The zero-order valence-corrected chi connectivity index (χ0v) is 12.2. The Morgan fingerprint density at radius 1 is 1.47 bits per heavy atom. The number of esters is 1. The van der Waals surface area contributed by atoms with Crippen LogP contribution >= 0.6 is 0 Å². The average Bonchev–Trinajstić information content (AvgIpc) is 2.91. The molecule has 0 heterocycles. The summed E-state index contributed by atoms with van der Waals surface area (Å²) in [5.41, 5.74) is 2.70. The number of carbonyl (C=O) groups is 1. The second kappa shape index (κ2) is 5.36. The molecule has 104 valence electrons. The molecule has 3 atom stereocenters. The molecule has 0 aromatic rings. The molecule has 19 heavy (non-hydrogen) atoms. The van der Waals surface area contributed by atoms with Crippen LogP contribution in [0.2, 0.25) is 0 Å². The zero-order chi connectivity index (χ0) is 14.0. The van der Waals surface area contributed by atoms with Gasteiger partial charge in [-0.25, -0.2) is 0 Å². The highest BCUT2D eigenvalue weighted by Gasteiger charge is 2.49. The van der Waals surface area contributed by atoms with Gasteiger partial charge in [-0.15, -0.1) is 0 Å². The van der Waals surface area contributed by atoms with E-state index in [1.807, 2.05) is 13.0 Å². The Bertz CT molecular complexity index is 444. The molecule has 0 amide bonds. The minimum atomic E-state index is -0.277. The van der Waals surface area contributed by atoms with Crippen LogP contribution in [0, 0.1) is 17.3 Å². The van der Waals surface area contributed by atoms with Crippen molar-refractivity contribution in [2.24, 2.45) is 17.3 Å². The first kappa shape index (κ1) is 14.1. The number of carbonyl (C=O) groups excluding carboxylic acids is 1. The Balaban J connectivity index is 1.93. The fraction of sp³-hybridized carbons (Fsp3) is 0.588. The lowest BCUT2D eigenvalue weighted by atomic mass is 9.69. The Hall–Kier alpha value is -1.31. The van der Waals surface area contributed by atoms with Crippen LogP contribution in [0.15, 0.2) is 36.1 Å². The third-order valence-electron chi connectivity index (χ3n) is 4.89. The highest BCUT2D eigenvalue weighted by Crippen LogP contribution is 2.60. The summed E-state index contributed by atoms with van der Waals surface area (Å²) in [6.45, 7) is 10.0. The lowest BCUT2D eigenvalue weighted by Crippen LogP contribution is -2.25. The highest BCUT2D eigenvalue weighted by atomic mass is 16.5. The smallest absolute Gasteiger partial charge is 0.307 e. The van der Waals surface area contributed by atoms with Gasteiger partial charge < -0.3 is 4.74 Å². The van der Waals surface area contributed by atoms with E-state index in [0.29, 0.717) is 0 Å². The van der Waals surface area contributed by atoms with Crippen LogP contribution in [-0.4, -0.2) is 5.97 Å². The maximum absolute atomic E-state index is 10.7. The van der Waals surface area contributed by atoms with Gasteiger partial charge in [-0.2, -0.15) is 0 Å². The van der Waals surface area contributed by atoms with Crippen molar-refractivity contribution in [3.05, 3.63) is 36.1 Å². The van der Waals surface area contributed by atoms with Gasteiger partial charge in [0, 0.05) is 6.92 Å². The quantitative estimate of drug-likeness (QED) is 0.324. The van der Waals surface area contributed by atoms with Gasteiger partial charge in [0.25, 0.3) is 0 Å². The average molecular weight is 260 g/mol. The van der Waals surface area contributed by atoms with Crippen molar-refractivity contribution < 1.29 is 9.53 Å². The summed E-state index contributed by atoms with van der Waals surface area (Å²) in [4.78, 5) is 10.7. The van der Waals surface area contributed by atoms with Crippen LogP contribution in [0.1, 0.15) is 46.5 Å². The van der Waals surface area contributed by atoms with Crippen LogP contribution in [0.5, 0.6) is 0 Å². The van der Waals surface area contributed by atoms with E-state index in [1.165, 1.54) is 38.0 Å². The third kappa shape index (κ3) is 2.83. The molecule has 0 aliphatic heterocycles. The highest BCUT2D eigenvalue weighted by molar-refractivity contribution is 5.66. The van der Waals surface area contributed by atoms with Crippen molar-refractivity contribution in [1.29, 1.82) is 0 Å². The van der Waals surface area contributed by atoms with Gasteiger partial charge in [-0.05, 0) is 55.4 Å². The SMILES string of the molecule is C=C1[C@H]2CC[C@H](C2)[C@@]1(C)C/C=C/C(C)=C/OC(C)=O. The van der Waals surface area contributed by atoms with E-state index in [2.05, 4.69) is 19.6 Å². The molecule has 0 aromatic carbocycles. The molecule has 0 aromatic heterocycles. The molecule has 2 heteroatoms. The van der Waals surface area contributed by atoms with E-state index >= 15 is 0 Å². The van der Waals surface area contributed by atoms with Gasteiger partial charge in [0.2, 0.25) is 0 Å². The van der Waals surface area contributed by atoms with E-state index in [0.717, 1.165) is 23.8 Å². The van der Waals surface area contributed by atoms with Crippen LogP contribution in [-0.2, 0) is 9.53 Å². The lowest BCUT2D eigenvalue weighted by Gasteiger charge is -2.35. The first-order valence-electron chi connectivity index (χ1n) is 7.13. The largest absolute Gasteiger partial charge is 0.434 e. The van der Waals surface area contributed by atoms with Crippen LogP contribution in [0.4, 0.5) is 0 Å². The Labute approximate surface area is 116 Å². The number of hydrogen-bond donors (Lipinski definition) is 0. The molecule has 2 aliphatic rings. The maximum atomic E-state index is 10.7. The predicted octanol–water partition coefficient (Wildman–Crippen LogP) is 4.39. The molecule has 0 N–H and O–H groups in total. The van der Waals surface area contributed by atoms with Gasteiger partial charge in [0.1, 0.15) is 0 Å². The van der Waals surface area contributed by atoms with Crippen molar-refractivity contribution in [2.45, 2.75) is 46.5 Å². The fourth-order valence-corrected chi connectivity index (χ4v) is 3.61. The second-order valence-electron chi connectivity index (χ2n) is 6.23. The van der Waals surface area contributed by atoms with Crippen molar-refractivity contribution in [3.8, 4) is 0 Å². The zero-order valence-electron chi connectivity index (χ0n) is 12.2. The lowest BCUT2D eigenvalue weighted by molar-refractivity contribution is -0.135. The monoisotopic (exact) mass is 260 g/mol. The van der Waals surface area contributed by atoms with Crippen LogP contribution in [0.3, 0.4) is 0 Å². The number of allylic oxidation sites excluding steroid dienone is 4. The van der Waals surface area contributed by atoms with Gasteiger partial charge in [0.15, 0.2) is 0 Å². The first-order valence-corrected chi connectivity index (χ1v) is 7.13. The molecule has 2 nitrogen and oxygen atoms in total. The Morgan fingerprint density at radius 2 is 2.21 bits per heavy atom. The molecular weight excluding hydrogens is 236 g/mol. The number of fused-ring (bicyclic) bond motifs is 2. The Morgan fingerprint density at radius 3 is 2.79 bits per heavy atom. The minimum absolute atomic E-state index is 0.277. The number of hydrogen-bond acceptors (Lipinski definition) is 2. The second-order valence-corrected chi connectivity index (χ2v) is 6.23. The normalized spacial score (nSPS) is 34.3. The van der Waals surface area contributed by atoms with Crippen molar-refractivity contribution >= 4 is 5.97 Å². The van der Waals surface area contributed by atoms with E-state index < -0.39 is 0 Å². The standard InChI is InChI=1S/C17H24O2/c1-12(11-19-14(3)18)6-5-9-17(4)13(2)15-7-8-16(17)10-15/h5-6,11,15-16H,2,7-10H2,1,3-4H3/b6-5+,12-11+/t15-,16+,17-/m0/s1. The van der Waals surface area contributed by atoms with E-state index in [9.17, 15) is 4.79 Å². The summed E-state index contributed by atoms with van der Waals surface area (Å²) >= 11 is 0. The molecule has 2 saturated carbocycles. The van der Waals surface area contributed by atoms with Gasteiger partial charge >= 0.3 is 5.97 Å². The summed E-state index contributed by atoms with van der Waals surface area (Å²) in [5, 5.41) is 0. The topological polar surface area (TPSA) is 26.3 Å². The molecule has 0 unspecified atom stereocenters. The fourth-order valence-electron chi connectivity index (χ4n) is 3.61. The van der Waals surface area contributed by atoms with Gasteiger partial charge in [-0.1, -0.05) is 31.2 Å². The van der Waals surface area contributed by atoms with Crippen LogP contribution < -0.4 is 0 Å². The van der Waals surface area contributed by atoms with E-state index in [-0.39, 0.29) is 11.4 Å². The minimum Gasteiger partial charge on any atom is -0.434 e. The Kier molecular flexibility index (Phi) is 3.98. The maximum Gasteiger partial charge on any atom is 0.307 e. The summed E-state index contributed by atoms with van der Waals surface area (Å²) in [6.07, 6.45) is 10.8. The molecule has 0 saturated heterocycles. The molecule has 2 rings (SSSR count). The van der Waals surface area contributed by atoms with E-state index in [1.54, 1.807) is 0 Å². The molecule has 2 fully saturated rings. The third-order valence-corrected chi connectivity index (χ3v) is 4.89. The summed E-state index contributed by atoms with van der Waals surface area (Å²) in [6, 6.07) is 0. The molecule has 0 spiro atoms. The molecule has 0 radical (unpaired) electrons.